The summed E-state index contributed by atoms with van der Waals surface area (Å²) >= 11 is 0. The lowest BCUT2D eigenvalue weighted by atomic mass is 10.0. The Morgan fingerprint density at radius 2 is 0.401 bits per heavy atom. The predicted octanol–water partition coefficient (Wildman–Crippen LogP) is 29.6. The number of ether oxygens (including phenoxy) is 6. The van der Waals surface area contributed by atoms with Gasteiger partial charge in [0.1, 0.15) is 31.5 Å². The van der Waals surface area contributed by atoms with Crippen LogP contribution < -0.4 is 17.0 Å². The van der Waals surface area contributed by atoms with Gasteiger partial charge in [-0.05, 0) is 154 Å². The number of quaternary nitrogens is 3. The van der Waals surface area contributed by atoms with Crippen molar-refractivity contribution in [3.63, 3.8) is 0 Å². The Morgan fingerprint density at radius 3 is 0.620 bits per heavy atom. The zero-order valence-corrected chi connectivity index (χ0v) is 97.1. The quantitative estimate of drug-likeness (QED) is 0.0170. The number of carbonyl (C=O) groups is 6. The fourth-order valence-electron chi connectivity index (χ4n) is 19.5. The lowest BCUT2D eigenvalue weighted by molar-refractivity contribution is -0.883. The van der Waals surface area contributed by atoms with Gasteiger partial charge in [-0.3, -0.25) is 14.4 Å². The van der Waals surface area contributed by atoms with E-state index in [9.17, 15) is 44.1 Å². The summed E-state index contributed by atoms with van der Waals surface area (Å²) in [5, 5.41) is 34.0. The first-order chi connectivity index (χ1) is 68.4. The molecule has 19 heteroatoms. The maximum atomic E-state index is 13.4. The van der Waals surface area contributed by atoms with Gasteiger partial charge in [0.15, 0.2) is 25.7 Å². The highest BCUT2D eigenvalue weighted by molar-refractivity contribution is 5.72. The number of hydrogen-bond acceptors (Lipinski definition) is 15. The largest absolute Gasteiger partial charge is 1.00 e. The van der Waals surface area contributed by atoms with Gasteiger partial charge in [0.05, 0.1) is 80.2 Å². The molecule has 0 bridgehead atoms. The summed E-state index contributed by atoms with van der Waals surface area (Å²) in [7, 11) is 12.7. The van der Waals surface area contributed by atoms with Crippen molar-refractivity contribution in [1.82, 2.24) is 0 Å². The van der Waals surface area contributed by atoms with Crippen LogP contribution in [0.4, 0.5) is 0 Å². The predicted molar refractivity (Wildman–Crippen MR) is 594 cm³/mol. The van der Waals surface area contributed by atoms with Crippen molar-refractivity contribution in [2.24, 2.45) is 0 Å². The molecule has 0 saturated heterocycles. The van der Waals surface area contributed by atoms with E-state index in [4.69, 9.17) is 28.4 Å². The van der Waals surface area contributed by atoms with Gasteiger partial charge in [-0.25, -0.2) is 14.4 Å². The Kier molecular flexibility index (Phi) is 102. The average molecular weight is 2080 g/mol. The lowest BCUT2D eigenvalue weighted by Crippen LogP contribution is -3.00. The highest BCUT2D eigenvalue weighted by Crippen LogP contribution is 2.26. The molecule has 3 N–H and O–H groups in total. The topological polar surface area (TPSA) is 218 Å². The molecule has 0 aromatic heterocycles. The minimum Gasteiger partial charge on any atom is -1.00 e. The summed E-state index contributed by atoms with van der Waals surface area (Å²) in [5.74, 6) is -1.90. The van der Waals surface area contributed by atoms with Crippen molar-refractivity contribution in [2.45, 2.75) is 624 Å². The second-order valence-corrected chi connectivity index (χ2v) is 45.2. The monoisotopic (exact) mass is 2070 g/mol. The van der Waals surface area contributed by atoms with Crippen LogP contribution in [-0.4, -0.2) is 202 Å². The summed E-state index contributed by atoms with van der Waals surface area (Å²) in [6.07, 6.45) is 100. The molecule has 6 atom stereocenters. The normalized spacial score (nSPS) is 13.6. The molecule has 142 heavy (non-hydrogen) atoms. The molecule has 18 nitrogen and oxygen atoms in total. The number of unbranched alkanes of at least 4 members (excludes halogenated alkanes) is 66. The van der Waals surface area contributed by atoms with E-state index in [-0.39, 0.29) is 79.3 Å². The first kappa shape index (κ1) is 140. The molecule has 0 aliphatic heterocycles. The van der Waals surface area contributed by atoms with E-state index < -0.39 is 48.7 Å². The van der Waals surface area contributed by atoms with E-state index in [1.165, 1.54) is 289 Å². The number of hydrogen-bond donors (Lipinski definition) is 3. The van der Waals surface area contributed by atoms with Gasteiger partial charge >= 0.3 is 35.8 Å². The van der Waals surface area contributed by atoms with Crippen molar-refractivity contribution in [3.05, 3.63) is 36.5 Å². The van der Waals surface area contributed by atoms with Gasteiger partial charge < -0.3 is 74.2 Å². The summed E-state index contributed by atoms with van der Waals surface area (Å²) in [6.45, 7) is 16.6. The van der Waals surface area contributed by atoms with Crippen molar-refractivity contribution in [2.75, 3.05) is 94.8 Å². The van der Waals surface area contributed by atoms with E-state index in [1.807, 2.05) is 18.2 Å². The van der Waals surface area contributed by atoms with Crippen molar-refractivity contribution < 1.29 is 103 Å². The number of rotatable bonds is 110. The first-order valence-electron chi connectivity index (χ1n) is 60.9. The van der Waals surface area contributed by atoms with E-state index in [0.717, 1.165) is 193 Å². The molecule has 838 valence electrons. The molecular weight excluding hydrogens is 1840 g/mol. The van der Waals surface area contributed by atoms with Crippen LogP contribution in [0.3, 0.4) is 0 Å². The van der Waals surface area contributed by atoms with E-state index in [1.54, 1.807) is 0 Å². The Morgan fingerprint density at radius 1 is 0.218 bits per heavy atom. The van der Waals surface area contributed by atoms with Gasteiger partial charge in [-0.1, -0.05) is 444 Å². The molecule has 0 aromatic rings. The second-order valence-electron chi connectivity index (χ2n) is 45.2. The minimum absolute atomic E-state index is 0. The molecule has 0 heterocycles. The lowest BCUT2D eigenvalue weighted by Gasteiger charge is -2.30. The van der Waals surface area contributed by atoms with Crippen LogP contribution in [-0.2, 0) is 57.2 Å². The van der Waals surface area contributed by atoms with Gasteiger partial charge in [-0.2, -0.15) is 0 Å². The van der Waals surface area contributed by atoms with E-state index >= 15 is 0 Å². The standard InChI is InChI=1S/C123H236N3O15.BrH/c1-13-19-25-28-31-34-37-40-43-46-49-52-61-70-79-91-103-124(7,8)106-121(133)139-115(97-82-22-16-4)112(127)94-85-73-64-55-58-67-76-88-100-118(130)136-109-111(138-120(132)102-90-78-69-60-57-66-75-87-96-114(129)117(99-84-24-18-6)141-123(135)108-126(11,12)105-93-81-72-63-54-51-48-45-42-39-36-33-30-27-21-15-3)110-137-119(131)101-89-77-68-59-56-65-74-86-95-113(128)116(98-83-23-17-5)140-122(134)107-125(9,10)104-92-80-71-62-53-50-47-44-41-38-35-32-29-26-20-14-2;/h73-75,85-87,111-117,127-129H,13-72,76-84,88-110H2,1-12H3;1H/q+3;/p-1/b85-73+,86-74+,87-75+;. The van der Waals surface area contributed by atoms with Crippen LogP contribution in [0.5, 0.6) is 0 Å². The number of nitrogens with zero attached hydrogens (tertiary/aromatic N) is 3. The Labute approximate surface area is 888 Å². The molecule has 0 aromatic carbocycles. The molecular formula is C123H236BrN3O15+2. The first-order valence-corrected chi connectivity index (χ1v) is 60.9. The van der Waals surface area contributed by atoms with E-state index in [2.05, 4.69) is 102 Å². The average Bonchev–Trinajstić information content (AvgIpc) is 0.893. The number of aliphatic hydroxyl groups is 3. The zero-order valence-electron chi connectivity index (χ0n) is 95.5. The molecule has 0 spiro atoms. The van der Waals surface area contributed by atoms with Crippen LogP contribution in [0.1, 0.15) is 581 Å². The highest BCUT2D eigenvalue weighted by Gasteiger charge is 2.31. The van der Waals surface area contributed by atoms with Crippen molar-refractivity contribution in [1.29, 1.82) is 0 Å². The molecule has 0 amide bonds. The number of aliphatic hydroxyl groups excluding tert-OH is 3. The fourth-order valence-corrected chi connectivity index (χ4v) is 19.5. The maximum absolute atomic E-state index is 13.4. The second kappa shape index (κ2) is 103. The zero-order chi connectivity index (χ0) is 104. The van der Waals surface area contributed by atoms with E-state index in [0.29, 0.717) is 90.9 Å². The van der Waals surface area contributed by atoms with Crippen molar-refractivity contribution >= 4 is 35.8 Å². The third-order valence-corrected chi connectivity index (χ3v) is 29.0. The third kappa shape index (κ3) is 97.1. The summed E-state index contributed by atoms with van der Waals surface area (Å²) < 4.78 is 37.2. The molecule has 6 unspecified atom stereocenters. The number of halogens is 1. The SMILES string of the molecule is CCCCCCCCCCCCCCCCCC[N+](C)(C)CC(=O)OC(CCCCC)C(O)C/C=C/CCCCCCCC(=O)OCC(COC(=O)CCCCCCC/C=C/CC(O)C(CCCCC)OC(=O)C[N+](C)(C)CCCCCCCCCCCCCCCCCC)OC(=O)CCCCCCC/C=C/CC(O)C(CCCCC)OC(=O)C[N+](C)(C)CCCCCCCCCCCCCCCCCC.[Br-]. The number of carbonyl (C=O) groups excluding carboxylic acids is 6. The summed E-state index contributed by atoms with van der Waals surface area (Å²) in [5.41, 5.74) is 0. The van der Waals surface area contributed by atoms with Gasteiger partial charge in [-0.15, -0.1) is 0 Å². The fraction of sp³-hybridized carbons (Fsp3) is 0.902. The third-order valence-electron chi connectivity index (χ3n) is 29.0. The molecule has 0 radical (unpaired) electrons. The molecule has 0 aliphatic rings. The van der Waals surface area contributed by atoms with Gasteiger partial charge in [0, 0.05) is 19.3 Å². The highest BCUT2D eigenvalue weighted by atomic mass is 79.9. The Balaban J connectivity index is 0. The molecule has 0 saturated carbocycles. The maximum Gasteiger partial charge on any atom is 0.362 e. The number of likely N-dealkylation sites (N-methyl/N-ethyl adjacent to an activating group) is 3. The van der Waals surface area contributed by atoms with Crippen LogP contribution >= 0.6 is 0 Å². The number of esters is 6. The molecule has 0 fully saturated rings. The molecule has 0 aliphatic carbocycles. The Hall–Kier alpha value is -3.72. The number of allylic oxidation sites excluding steroid dienone is 3. The van der Waals surface area contributed by atoms with Gasteiger partial charge in [0.2, 0.25) is 0 Å². The van der Waals surface area contributed by atoms with Crippen LogP contribution in [0.2, 0.25) is 0 Å². The summed E-state index contributed by atoms with van der Waals surface area (Å²) in [6, 6.07) is 0. The minimum atomic E-state index is -0.934. The smallest absolute Gasteiger partial charge is 0.362 e. The van der Waals surface area contributed by atoms with Crippen molar-refractivity contribution in [3.8, 4) is 0 Å². The van der Waals surface area contributed by atoms with Crippen LogP contribution in [0.25, 0.3) is 0 Å². The summed E-state index contributed by atoms with van der Waals surface area (Å²) in [4.78, 5) is 79.9. The van der Waals surface area contributed by atoms with Crippen LogP contribution in [0.15, 0.2) is 36.5 Å². The molecule has 0 rings (SSSR count). The van der Waals surface area contributed by atoms with Gasteiger partial charge in [0.25, 0.3) is 0 Å². The Bertz CT molecular complexity index is 2760. The van der Waals surface area contributed by atoms with Crippen LogP contribution in [0, 0.1) is 0 Å².